The van der Waals surface area contributed by atoms with Crippen molar-refractivity contribution in [3.05, 3.63) is 23.0 Å². The molecule has 1 aromatic rings. The van der Waals surface area contributed by atoms with Crippen molar-refractivity contribution in [2.24, 2.45) is 5.73 Å². The molecule has 0 radical (unpaired) electrons. The Hall–Kier alpha value is -1.49. The van der Waals surface area contributed by atoms with Crippen LogP contribution in [0.3, 0.4) is 0 Å². The van der Waals surface area contributed by atoms with Gasteiger partial charge in [0.05, 0.1) is 0 Å². The fourth-order valence-corrected chi connectivity index (χ4v) is 2.47. The number of aromatic amines is 1. The lowest BCUT2D eigenvalue weighted by atomic mass is 10.1. The highest BCUT2D eigenvalue weighted by molar-refractivity contribution is 5.68. The van der Waals surface area contributed by atoms with Crippen molar-refractivity contribution in [1.29, 1.82) is 0 Å². The Morgan fingerprint density at radius 3 is 2.75 bits per heavy atom. The third-order valence-corrected chi connectivity index (χ3v) is 3.40. The monoisotopic (exact) mass is 279 g/mol. The molecular weight excluding hydrogens is 254 g/mol. The number of aromatic nitrogens is 1. The summed E-state index contributed by atoms with van der Waals surface area (Å²) in [6, 6.07) is 2.18. The molecule has 2 rings (SSSR count). The molecule has 1 amide bonds. The van der Waals surface area contributed by atoms with Crippen LogP contribution in [0.5, 0.6) is 0 Å². The van der Waals surface area contributed by atoms with Crippen LogP contribution < -0.4 is 5.73 Å². The van der Waals surface area contributed by atoms with E-state index in [1.807, 2.05) is 20.8 Å². The largest absolute Gasteiger partial charge is 0.444 e. The minimum Gasteiger partial charge on any atom is -0.444 e. The Balaban J connectivity index is 1.98. The third-order valence-electron chi connectivity index (χ3n) is 3.40. The number of carbonyl (C=O) groups is 1. The lowest BCUT2D eigenvalue weighted by Gasteiger charge is -2.26. The first-order valence-corrected chi connectivity index (χ1v) is 7.26. The molecule has 0 atom stereocenters. The molecule has 0 aliphatic carbocycles. The number of hydrogen-bond acceptors (Lipinski definition) is 3. The molecule has 1 aliphatic heterocycles. The summed E-state index contributed by atoms with van der Waals surface area (Å²) in [5.41, 5.74) is 8.88. The van der Waals surface area contributed by atoms with E-state index in [2.05, 4.69) is 11.1 Å². The first kappa shape index (κ1) is 14.9. The van der Waals surface area contributed by atoms with Crippen molar-refractivity contribution in [2.45, 2.75) is 45.6 Å². The zero-order chi connectivity index (χ0) is 14.8. The predicted molar refractivity (Wildman–Crippen MR) is 78.8 cm³/mol. The van der Waals surface area contributed by atoms with Gasteiger partial charge < -0.3 is 20.4 Å². The van der Waals surface area contributed by atoms with Crippen LogP contribution in [0.4, 0.5) is 4.79 Å². The smallest absolute Gasteiger partial charge is 0.410 e. The van der Waals surface area contributed by atoms with E-state index < -0.39 is 5.60 Å². The van der Waals surface area contributed by atoms with Crippen molar-refractivity contribution in [3.8, 4) is 0 Å². The van der Waals surface area contributed by atoms with E-state index in [-0.39, 0.29) is 6.09 Å². The van der Waals surface area contributed by atoms with Crippen LogP contribution in [-0.2, 0) is 24.0 Å². The number of rotatable bonds is 2. The van der Waals surface area contributed by atoms with Gasteiger partial charge in [-0.15, -0.1) is 0 Å². The molecule has 5 heteroatoms. The molecule has 3 N–H and O–H groups in total. The summed E-state index contributed by atoms with van der Waals surface area (Å²) in [6.45, 7) is 7.74. The number of nitrogens with one attached hydrogen (secondary N) is 1. The number of amides is 1. The Morgan fingerprint density at radius 2 is 2.10 bits per heavy atom. The second kappa shape index (κ2) is 5.87. The fraction of sp³-hybridized carbons (Fsp3) is 0.667. The molecular formula is C15H25N3O2. The molecule has 0 unspecified atom stereocenters. The van der Waals surface area contributed by atoms with Crippen molar-refractivity contribution in [1.82, 2.24) is 9.88 Å². The van der Waals surface area contributed by atoms with E-state index >= 15 is 0 Å². The highest BCUT2D eigenvalue weighted by Crippen LogP contribution is 2.19. The van der Waals surface area contributed by atoms with Gasteiger partial charge in [-0.3, -0.25) is 0 Å². The van der Waals surface area contributed by atoms with Crippen LogP contribution in [0.15, 0.2) is 6.07 Å². The Morgan fingerprint density at radius 1 is 1.40 bits per heavy atom. The summed E-state index contributed by atoms with van der Waals surface area (Å²) in [7, 11) is 0. The zero-order valence-electron chi connectivity index (χ0n) is 12.7. The number of carbonyl (C=O) groups excluding carboxylic acids is 1. The lowest BCUT2D eigenvalue weighted by Crippen LogP contribution is -2.38. The summed E-state index contributed by atoms with van der Waals surface area (Å²) >= 11 is 0. The molecule has 1 aromatic heterocycles. The molecule has 0 aromatic carbocycles. The maximum Gasteiger partial charge on any atom is 0.410 e. The van der Waals surface area contributed by atoms with Crippen LogP contribution in [0.1, 0.15) is 37.7 Å². The van der Waals surface area contributed by atoms with Gasteiger partial charge in [-0.05, 0) is 51.8 Å². The minimum absolute atomic E-state index is 0.218. The van der Waals surface area contributed by atoms with Gasteiger partial charge in [0.2, 0.25) is 0 Å². The van der Waals surface area contributed by atoms with Crippen molar-refractivity contribution in [2.75, 3.05) is 19.6 Å². The second-order valence-corrected chi connectivity index (χ2v) is 6.30. The molecule has 112 valence electrons. The van der Waals surface area contributed by atoms with E-state index in [9.17, 15) is 4.79 Å². The van der Waals surface area contributed by atoms with E-state index in [0.717, 1.165) is 19.3 Å². The Kier molecular flexibility index (Phi) is 4.38. The number of hydrogen-bond donors (Lipinski definition) is 2. The average molecular weight is 279 g/mol. The topological polar surface area (TPSA) is 71.3 Å². The minimum atomic E-state index is -0.438. The summed E-state index contributed by atoms with van der Waals surface area (Å²) in [4.78, 5) is 17.3. The number of fused-ring (bicyclic) bond motifs is 1. The van der Waals surface area contributed by atoms with Crippen LogP contribution >= 0.6 is 0 Å². The summed E-state index contributed by atoms with van der Waals surface area (Å²) in [6.07, 6.45) is 2.38. The molecule has 0 fully saturated rings. The van der Waals surface area contributed by atoms with Gasteiger partial charge in [0, 0.05) is 30.9 Å². The standard InChI is InChI=1S/C15H25N3O2/c1-15(2,3)20-14(19)18-8-5-11-10-12(4-7-16)17-13(11)6-9-18/h10,17H,4-9,16H2,1-3H3. The van der Waals surface area contributed by atoms with Crippen molar-refractivity contribution >= 4 is 6.09 Å². The van der Waals surface area contributed by atoms with Crippen LogP contribution in [0.25, 0.3) is 0 Å². The fourth-order valence-electron chi connectivity index (χ4n) is 2.47. The van der Waals surface area contributed by atoms with E-state index in [1.54, 1.807) is 4.90 Å². The van der Waals surface area contributed by atoms with Crippen LogP contribution in [0.2, 0.25) is 0 Å². The second-order valence-electron chi connectivity index (χ2n) is 6.30. The van der Waals surface area contributed by atoms with E-state index in [1.165, 1.54) is 17.0 Å². The molecule has 20 heavy (non-hydrogen) atoms. The number of nitrogens with two attached hydrogens (primary N) is 1. The maximum atomic E-state index is 12.1. The summed E-state index contributed by atoms with van der Waals surface area (Å²) in [5, 5.41) is 0. The van der Waals surface area contributed by atoms with E-state index in [0.29, 0.717) is 19.6 Å². The van der Waals surface area contributed by atoms with Crippen LogP contribution in [0, 0.1) is 0 Å². The van der Waals surface area contributed by atoms with Gasteiger partial charge >= 0.3 is 6.09 Å². The normalized spacial score (nSPS) is 15.7. The SMILES string of the molecule is CC(C)(C)OC(=O)N1CCc2cc(CCN)[nH]c2CC1. The quantitative estimate of drug-likeness (QED) is 0.868. The molecule has 0 bridgehead atoms. The van der Waals surface area contributed by atoms with Gasteiger partial charge in [0.1, 0.15) is 5.60 Å². The zero-order valence-corrected chi connectivity index (χ0v) is 12.7. The van der Waals surface area contributed by atoms with Gasteiger partial charge in [-0.1, -0.05) is 0 Å². The first-order chi connectivity index (χ1) is 9.39. The molecule has 0 saturated heterocycles. The Bertz CT molecular complexity index is 448. The lowest BCUT2D eigenvalue weighted by molar-refractivity contribution is 0.0258. The predicted octanol–water partition coefficient (Wildman–Crippen LogP) is 1.85. The van der Waals surface area contributed by atoms with E-state index in [4.69, 9.17) is 10.5 Å². The molecule has 5 nitrogen and oxygen atoms in total. The number of ether oxygens (including phenoxy) is 1. The molecule has 0 saturated carbocycles. The van der Waals surface area contributed by atoms with Gasteiger partial charge in [-0.25, -0.2) is 4.79 Å². The highest BCUT2D eigenvalue weighted by atomic mass is 16.6. The average Bonchev–Trinajstić information content (AvgIpc) is 2.59. The first-order valence-electron chi connectivity index (χ1n) is 7.26. The van der Waals surface area contributed by atoms with Gasteiger partial charge in [0.15, 0.2) is 0 Å². The maximum absolute atomic E-state index is 12.1. The third kappa shape index (κ3) is 3.76. The van der Waals surface area contributed by atoms with Gasteiger partial charge in [-0.2, -0.15) is 0 Å². The van der Waals surface area contributed by atoms with Crippen molar-refractivity contribution in [3.63, 3.8) is 0 Å². The number of nitrogens with zero attached hydrogens (tertiary/aromatic N) is 1. The molecule has 2 heterocycles. The highest BCUT2D eigenvalue weighted by Gasteiger charge is 2.24. The van der Waals surface area contributed by atoms with Crippen LogP contribution in [-0.4, -0.2) is 41.2 Å². The Labute approximate surface area is 120 Å². The van der Waals surface area contributed by atoms with Crippen molar-refractivity contribution < 1.29 is 9.53 Å². The number of H-pyrrole nitrogens is 1. The molecule has 1 aliphatic rings. The summed E-state index contributed by atoms with van der Waals surface area (Å²) in [5.74, 6) is 0. The summed E-state index contributed by atoms with van der Waals surface area (Å²) < 4.78 is 5.43. The molecule has 0 spiro atoms. The van der Waals surface area contributed by atoms with Gasteiger partial charge in [0.25, 0.3) is 0 Å².